The fourth-order valence-electron chi connectivity index (χ4n) is 4.07. The van der Waals surface area contributed by atoms with Crippen LogP contribution in [0.15, 0.2) is 23.1 Å². The number of sulfone groups is 1. The highest BCUT2D eigenvalue weighted by Gasteiger charge is 2.28. The third-order valence-electron chi connectivity index (χ3n) is 5.49. The molecule has 7 heteroatoms. The number of benzene rings is 1. The topological polar surface area (TPSA) is 66.9 Å². The van der Waals surface area contributed by atoms with Crippen molar-refractivity contribution in [3.8, 4) is 0 Å². The maximum absolute atomic E-state index is 12.3. The van der Waals surface area contributed by atoms with Gasteiger partial charge in [0.1, 0.15) is 0 Å². The van der Waals surface area contributed by atoms with Crippen molar-refractivity contribution in [1.29, 1.82) is 0 Å². The van der Waals surface area contributed by atoms with Crippen molar-refractivity contribution in [1.82, 2.24) is 4.90 Å². The van der Waals surface area contributed by atoms with Crippen LogP contribution in [0.5, 0.6) is 0 Å². The zero-order valence-corrected chi connectivity index (χ0v) is 16.4. The van der Waals surface area contributed by atoms with Gasteiger partial charge in [-0.15, -0.1) is 0 Å². The molecule has 26 heavy (non-hydrogen) atoms. The van der Waals surface area contributed by atoms with Crippen LogP contribution in [0, 0.1) is 0 Å². The molecule has 0 radical (unpaired) electrons. The number of methoxy groups -OCH3 is 1. The highest BCUT2D eigenvalue weighted by Crippen LogP contribution is 2.30. The number of rotatable bonds is 4. The molecule has 1 aromatic carbocycles. The van der Waals surface area contributed by atoms with Crippen molar-refractivity contribution in [3.63, 3.8) is 0 Å². The van der Waals surface area contributed by atoms with Crippen LogP contribution in [0.1, 0.15) is 42.5 Å². The van der Waals surface area contributed by atoms with Crippen molar-refractivity contribution in [3.05, 3.63) is 23.8 Å². The molecule has 0 saturated carbocycles. The van der Waals surface area contributed by atoms with Gasteiger partial charge in [-0.2, -0.15) is 0 Å². The van der Waals surface area contributed by atoms with Crippen LogP contribution in [0.4, 0.5) is 5.69 Å². The Morgan fingerprint density at radius 3 is 2.31 bits per heavy atom. The molecule has 0 amide bonds. The number of carbonyl (C=O) groups is 1. The van der Waals surface area contributed by atoms with E-state index in [0.29, 0.717) is 11.7 Å². The van der Waals surface area contributed by atoms with E-state index in [0.717, 1.165) is 25.9 Å². The molecule has 2 saturated heterocycles. The van der Waals surface area contributed by atoms with Crippen LogP contribution in [0.25, 0.3) is 0 Å². The Morgan fingerprint density at radius 2 is 1.73 bits per heavy atom. The average Bonchev–Trinajstić information content (AvgIpc) is 2.67. The Labute approximate surface area is 156 Å². The SMILES string of the molecule is COC(=O)c1ccc(N2CCC(N3CCCCC3)CC2)c(S(C)(=O)=O)c1. The Kier molecular flexibility index (Phi) is 5.87. The maximum Gasteiger partial charge on any atom is 0.337 e. The van der Waals surface area contributed by atoms with E-state index in [2.05, 4.69) is 9.80 Å². The maximum atomic E-state index is 12.3. The minimum absolute atomic E-state index is 0.205. The van der Waals surface area contributed by atoms with E-state index in [4.69, 9.17) is 4.74 Å². The van der Waals surface area contributed by atoms with E-state index >= 15 is 0 Å². The summed E-state index contributed by atoms with van der Waals surface area (Å²) < 4.78 is 29.3. The van der Waals surface area contributed by atoms with E-state index in [1.165, 1.54) is 51.8 Å². The molecule has 0 aliphatic carbocycles. The van der Waals surface area contributed by atoms with Crippen LogP contribution in [0.3, 0.4) is 0 Å². The van der Waals surface area contributed by atoms with Crippen molar-refractivity contribution < 1.29 is 17.9 Å². The normalized spacial score (nSPS) is 20.2. The predicted molar refractivity (Wildman–Crippen MR) is 102 cm³/mol. The van der Waals surface area contributed by atoms with Gasteiger partial charge in [-0.05, 0) is 57.0 Å². The molecule has 2 fully saturated rings. The average molecular weight is 381 g/mol. The number of hydrogen-bond acceptors (Lipinski definition) is 6. The fraction of sp³-hybridized carbons (Fsp3) is 0.632. The van der Waals surface area contributed by atoms with Crippen molar-refractivity contribution in [2.24, 2.45) is 0 Å². The molecule has 1 aromatic rings. The number of nitrogens with zero attached hydrogens (tertiary/aromatic N) is 2. The first kappa shape index (κ1) is 19.2. The zero-order chi connectivity index (χ0) is 18.7. The summed E-state index contributed by atoms with van der Waals surface area (Å²) in [5.41, 5.74) is 0.956. The highest BCUT2D eigenvalue weighted by atomic mass is 32.2. The molecule has 0 bridgehead atoms. The number of anilines is 1. The Balaban J connectivity index is 1.78. The van der Waals surface area contributed by atoms with Gasteiger partial charge in [0.05, 0.1) is 23.3 Å². The van der Waals surface area contributed by atoms with Gasteiger partial charge in [0.2, 0.25) is 0 Å². The predicted octanol–water partition coefficient (Wildman–Crippen LogP) is 2.33. The summed E-state index contributed by atoms with van der Waals surface area (Å²) in [4.78, 5) is 16.7. The molecule has 0 spiro atoms. The van der Waals surface area contributed by atoms with E-state index in [1.54, 1.807) is 12.1 Å². The van der Waals surface area contributed by atoms with E-state index in [-0.39, 0.29) is 10.5 Å². The molecule has 3 rings (SSSR count). The largest absolute Gasteiger partial charge is 0.465 e. The van der Waals surface area contributed by atoms with Gasteiger partial charge in [-0.3, -0.25) is 0 Å². The Morgan fingerprint density at radius 1 is 1.08 bits per heavy atom. The first-order valence-electron chi connectivity index (χ1n) is 9.31. The van der Waals surface area contributed by atoms with E-state index < -0.39 is 15.8 Å². The summed E-state index contributed by atoms with van der Waals surface area (Å²) in [6.45, 7) is 4.04. The molecule has 0 aromatic heterocycles. The van der Waals surface area contributed by atoms with Gasteiger partial charge >= 0.3 is 5.97 Å². The molecular weight excluding hydrogens is 352 g/mol. The first-order valence-corrected chi connectivity index (χ1v) is 11.2. The molecule has 2 aliphatic rings. The molecule has 2 heterocycles. The van der Waals surface area contributed by atoms with Gasteiger partial charge in [0, 0.05) is 25.4 Å². The van der Waals surface area contributed by atoms with E-state index in [9.17, 15) is 13.2 Å². The van der Waals surface area contributed by atoms with Crippen LogP contribution >= 0.6 is 0 Å². The van der Waals surface area contributed by atoms with E-state index in [1.807, 2.05) is 0 Å². The second-order valence-corrected chi connectivity index (χ2v) is 9.25. The minimum atomic E-state index is -3.44. The summed E-state index contributed by atoms with van der Waals surface area (Å²) in [6.07, 6.45) is 7.18. The third-order valence-corrected chi connectivity index (χ3v) is 6.62. The summed E-state index contributed by atoms with van der Waals surface area (Å²) >= 11 is 0. The minimum Gasteiger partial charge on any atom is -0.465 e. The molecule has 6 nitrogen and oxygen atoms in total. The smallest absolute Gasteiger partial charge is 0.337 e. The summed E-state index contributed by atoms with van der Waals surface area (Å²) in [6, 6.07) is 5.42. The van der Waals surface area contributed by atoms with Gasteiger partial charge in [0.15, 0.2) is 9.84 Å². The second-order valence-electron chi connectivity index (χ2n) is 7.26. The Bertz CT molecular complexity index is 749. The second kappa shape index (κ2) is 7.96. The van der Waals surface area contributed by atoms with Gasteiger partial charge < -0.3 is 14.5 Å². The molecule has 144 valence electrons. The monoisotopic (exact) mass is 380 g/mol. The first-order chi connectivity index (χ1) is 12.4. The lowest BCUT2D eigenvalue weighted by atomic mass is 9.99. The highest BCUT2D eigenvalue weighted by molar-refractivity contribution is 7.90. The van der Waals surface area contributed by atoms with Gasteiger partial charge in [-0.25, -0.2) is 13.2 Å². The van der Waals surface area contributed by atoms with Crippen molar-refractivity contribution in [2.45, 2.75) is 43.0 Å². The number of likely N-dealkylation sites (tertiary alicyclic amines) is 1. The molecule has 0 unspecified atom stereocenters. The van der Waals surface area contributed by atoms with Crippen LogP contribution in [0.2, 0.25) is 0 Å². The van der Waals surface area contributed by atoms with Crippen molar-refractivity contribution in [2.75, 3.05) is 44.4 Å². The van der Waals surface area contributed by atoms with Crippen LogP contribution < -0.4 is 4.90 Å². The fourth-order valence-corrected chi connectivity index (χ4v) is 4.99. The standard InChI is InChI=1S/C19H28N2O4S/c1-25-19(22)15-6-7-17(18(14-15)26(2,23)24)21-12-8-16(9-13-21)20-10-4-3-5-11-20/h6-7,14,16H,3-5,8-13H2,1-2H3. The summed E-state index contributed by atoms with van der Waals surface area (Å²) in [5, 5.41) is 0. The Hall–Kier alpha value is -1.60. The lowest BCUT2D eigenvalue weighted by Gasteiger charge is -2.41. The van der Waals surface area contributed by atoms with Gasteiger partial charge in [-0.1, -0.05) is 6.42 Å². The molecule has 2 aliphatic heterocycles. The van der Waals surface area contributed by atoms with Gasteiger partial charge in [0.25, 0.3) is 0 Å². The molecular formula is C19H28N2O4S. The lowest BCUT2D eigenvalue weighted by molar-refractivity contribution is 0.0600. The number of esters is 1. The van der Waals surface area contributed by atoms with Crippen LogP contribution in [-0.2, 0) is 14.6 Å². The summed E-state index contributed by atoms with van der Waals surface area (Å²) in [5.74, 6) is -0.523. The zero-order valence-electron chi connectivity index (χ0n) is 15.6. The summed E-state index contributed by atoms with van der Waals surface area (Å²) in [7, 11) is -2.15. The molecule has 0 atom stereocenters. The number of piperidine rings is 2. The lowest BCUT2D eigenvalue weighted by Crippen LogP contribution is -2.47. The number of carbonyl (C=O) groups excluding carboxylic acids is 1. The number of hydrogen-bond donors (Lipinski definition) is 0. The number of ether oxygens (including phenoxy) is 1. The van der Waals surface area contributed by atoms with Crippen molar-refractivity contribution >= 4 is 21.5 Å². The van der Waals surface area contributed by atoms with Crippen LogP contribution in [-0.4, -0.2) is 64.9 Å². The third kappa shape index (κ3) is 4.20. The quantitative estimate of drug-likeness (QED) is 0.747. The molecule has 0 N–H and O–H groups in total.